The number of hydrogen-bond acceptors (Lipinski definition) is 3. The molecule has 0 saturated heterocycles. The molecule has 6 heteroatoms. The van der Waals surface area contributed by atoms with Crippen molar-refractivity contribution in [2.24, 2.45) is 0 Å². The SMILES string of the molecule is Cc1cc2c(Oc3cc(F)c(N)cc3F)ccnc2cc1I. The molecular weight excluding hydrogens is 401 g/mol. The summed E-state index contributed by atoms with van der Waals surface area (Å²) in [5.41, 5.74) is 6.85. The lowest BCUT2D eigenvalue weighted by Gasteiger charge is -2.11. The molecule has 2 aromatic carbocycles. The van der Waals surface area contributed by atoms with E-state index in [0.717, 1.165) is 32.2 Å². The molecule has 3 nitrogen and oxygen atoms in total. The van der Waals surface area contributed by atoms with Gasteiger partial charge in [-0.3, -0.25) is 4.98 Å². The van der Waals surface area contributed by atoms with E-state index in [1.807, 2.05) is 19.1 Å². The number of hydrogen-bond donors (Lipinski definition) is 1. The van der Waals surface area contributed by atoms with E-state index in [0.29, 0.717) is 5.75 Å². The topological polar surface area (TPSA) is 48.1 Å². The van der Waals surface area contributed by atoms with Crippen LogP contribution in [0, 0.1) is 22.1 Å². The first kappa shape index (κ1) is 15.0. The summed E-state index contributed by atoms with van der Waals surface area (Å²) >= 11 is 2.22. The van der Waals surface area contributed by atoms with Crippen LogP contribution in [0.5, 0.6) is 11.5 Å². The molecule has 0 atom stereocenters. The molecule has 22 heavy (non-hydrogen) atoms. The molecule has 3 aromatic rings. The largest absolute Gasteiger partial charge is 0.453 e. The molecule has 0 amide bonds. The maximum atomic E-state index is 13.9. The Balaban J connectivity index is 2.12. The van der Waals surface area contributed by atoms with Crippen LogP contribution in [0.4, 0.5) is 14.5 Å². The number of benzene rings is 2. The third-order valence-corrected chi connectivity index (χ3v) is 4.42. The first-order valence-electron chi connectivity index (χ1n) is 6.43. The highest BCUT2D eigenvalue weighted by Crippen LogP contribution is 2.33. The summed E-state index contributed by atoms with van der Waals surface area (Å²) in [6, 6.07) is 7.28. The standard InChI is InChI=1S/C16H11F2IN2O/c1-8-4-9-14(7-12(8)19)21-3-2-15(9)22-16-6-10(17)13(20)5-11(16)18/h2-7H,20H2,1H3. The van der Waals surface area contributed by atoms with Gasteiger partial charge in [0.2, 0.25) is 0 Å². The molecule has 0 unspecified atom stereocenters. The lowest BCUT2D eigenvalue weighted by molar-refractivity contribution is 0.441. The van der Waals surface area contributed by atoms with Gasteiger partial charge in [0.1, 0.15) is 11.6 Å². The molecule has 0 fully saturated rings. The first-order valence-corrected chi connectivity index (χ1v) is 7.51. The molecule has 0 aliphatic carbocycles. The molecule has 2 N–H and O–H groups in total. The van der Waals surface area contributed by atoms with Crippen molar-refractivity contribution >= 4 is 39.2 Å². The Morgan fingerprint density at radius 1 is 1.09 bits per heavy atom. The number of nitrogen functional groups attached to an aromatic ring is 1. The van der Waals surface area contributed by atoms with Gasteiger partial charge in [0.25, 0.3) is 0 Å². The molecule has 0 saturated carbocycles. The summed E-state index contributed by atoms with van der Waals surface area (Å²) < 4.78 is 34.0. The molecule has 0 spiro atoms. The Kier molecular flexibility index (Phi) is 3.86. The van der Waals surface area contributed by atoms with Crippen molar-refractivity contribution in [1.29, 1.82) is 0 Å². The van der Waals surface area contributed by atoms with E-state index >= 15 is 0 Å². The molecule has 0 bridgehead atoms. The van der Waals surface area contributed by atoms with Gasteiger partial charge in [0.05, 0.1) is 11.2 Å². The van der Waals surface area contributed by atoms with Crippen molar-refractivity contribution in [2.45, 2.75) is 6.92 Å². The zero-order valence-corrected chi connectivity index (χ0v) is 13.7. The van der Waals surface area contributed by atoms with Gasteiger partial charge in [-0.15, -0.1) is 0 Å². The fraction of sp³-hybridized carbons (Fsp3) is 0.0625. The predicted molar refractivity (Wildman–Crippen MR) is 90.0 cm³/mol. The van der Waals surface area contributed by atoms with Gasteiger partial charge in [-0.25, -0.2) is 8.78 Å². The van der Waals surface area contributed by atoms with Gasteiger partial charge < -0.3 is 10.5 Å². The maximum Gasteiger partial charge on any atom is 0.167 e. The second-order valence-corrected chi connectivity index (χ2v) is 6.00. The third kappa shape index (κ3) is 2.70. The molecule has 0 aliphatic rings. The highest BCUT2D eigenvalue weighted by Gasteiger charge is 2.12. The van der Waals surface area contributed by atoms with Gasteiger partial charge in [0, 0.05) is 27.3 Å². The number of ether oxygens (including phenoxy) is 1. The minimum absolute atomic E-state index is 0.213. The molecule has 0 radical (unpaired) electrons. The van der Waals surface area contributed by atoms with Crippen LogP contribution in [0.25, 0.3) is 10.9 Å². The fourth-order valence-electron chi connectivity index (χ4n) is 2.08. The molecule has 112 valence electrons. The van der Waals surface area contributed by atoms with Crippen molar-refractivity contribution < 1.29 is 13.5 Å². The van der Waals surface area contributed by atoms with E-state index in [1.54, 1.807) is 12.3 Å². The smallest absolute Gasteiger partial charge is 0.167 e. The number of pyridine rings is 1. The second kappa shape index (κ2) is 5.68. The average molecular weight is 412 g/mol. The van der Waals surface area contributed by atoms with Crippen molar-refractivity contribution in [3.63, 3.8) is 0 Å². The van der Waals surface area contributed by atoms with Crippen LogP contribution >= 0.6 is 22.6 Å². The lowest BCUT2D eigenvalue weighted by atomic mass is 10.1. The molecule has 0 aliphatic heterocycles. The van der Waals surface area contributed by atoms with Crippen LogP contribution in [0.3, 0.4) is 0 Å². The summed E-state index contributed by atoms with van der Waals surface area (Å²) in [5, 5.41) is 0.733. The van der Waals surface area contributed by atoms with E-state index in [1.165, 1.54) is 0 Å². The maximum absolute atomic E-state index is 13.9. The van der Waals surface area contributed by atoms with Crippen molar-refractivity contribution in [1.82, 2.24) is 4.98 Å². The van der Waals surface area contributed by atoms with E-state index < -0.39 is 11.6 Å². The number of aryl methyl sites for hydroxylation is 1. The number of rotatable bonds is 2. The lowest BCUT2D eigenvalue weighted by Crippen LogP contribution is -1.96. The molecule has 3 rings (SSSR count). The second-order valence-electron chi connectivity index (χ2n) is 4.83. The number of fused-ring (bicyclic) bond motifs is 1. The Morgan fingerprint density at radius 3 is 2.64 bits per heavy atom. The van der Waals surface area contributed by atoms with Crippen LogP contribution < -0.4 is 10.5 Å². The molecular formula is C16H11F2IN2O. The van der Waals surface area contributed by atoms with E-state index in [-0.39, 0.29) is 11.4 Å². The quantitative estimate of drug-likeness (QED) is 0.486. The number of nitrogens with two attached hydrogens (primary N) is 1. The monoisotopic (exact) mass is 412 g/mol. The Hall–Kier alpha value is -1.96. The minimum atomic E-state index is -0.722. The van der Waals surface area contributed by atoms with Gasteiger partial charge in [-0.1, -0.05) is 0 Å². The summed E-state index contributed by atoms with van der Waals surface area (Å²) in [6.07, 6.45) is 1.56. The van der Waals surface area contributed by atoms with Crippen molar-refractivity contribution in [2.75, 3.05) is 5.73 Å². The summed E-state index contributed by atoms with van der Waals surface area (Å²) in [7, 11) is 0. The summed E-state index contributed by atoms with van der Waals surface area (Å²) in [4.78, 5) is 4.27. The van der Waals surface area contributed by atoms with Crippen LogP contribution in [0.15, 0.2) is 36.5 Å². The van der Waals surface area contributed by atoms with Gasteiger partial charge in [-0.05, 0) is 53.3 Å². The van der Waals surface area contributed by atoms with E-state index in [9.17, 15) is 8.78 Å². The zero-order valence-electron chi connectivity index (χ0n) is 11.5. The first-order chi connectivity index (χ1) is 10.5. The number of anilines is 1. The Morgan fingerprint density at radius 2 is 1.86 bits per heavy atom. The number of halogens is 3. The summed E-state index contributed by atoms with van der Waals surface area (Å²) in [6.45, 7) is 1.96. The minimum Gasteiger partial charge on any atom is -0.453 e. The van der Waals surface area contributed by atoms with Crippen LogP contribution in [-0.4, -0.2) is 4.98 Å². The van der Waals surface area contributed by atoms with Crippen molar-refractivity contribution in [3.8, 4) is 11.5 Å². The number of aromatic nitrogens is 1. The average Bonchev–Trinajstić information content (AvgIpc) is 2.46. The molecule has 1 heterocycles. The highest BCUT2D eigenvalue weighted by atomic mass is 127. The summed E-state index contributed by atoms with van der Waals surface area (Å²) in [5.74, 6) is -1.24. The van der Waals surface area contributed by atoms with Gasteiger partial charge in [-0.2, -0.15) is 0 Å². The van der Waals surface area contributed by atoms with Crippen molar-refractivity contribution in [3.05, 3.63) is 57.3 Å². The third-order valence-electron chi connectivity index (χ3n) is 3.25. The predicted octanol–water partition coefficient (Wildman–Crippen LogP) is 4.80. The van der Waals surface area contributed by atoms with E-state index in [2.05, 4.69) is 27.6 Å². The fourth-order valence-corrected chi connectivity index (χ4v) is 2.53. The normalized spacial score (nSPS) is 10.9. The van der Waals surface area contributed by atoms with Crippen LogP contribution in [0.2, 0.25) is 0 Å². The van der Waals surface area contributed by atoms with E-state index in [4.69, 9.17) is 10.5 Å². The zero-order chi connectivity index (χ0) is 15.9. The van der Waals surface area contributed by atoms with Gasteiger partial charge >= 0.3 is 0 Å². The van der Waals surface area contributed by atoms with Gasteiger partial charge in [0.15, 0.2) is 11.6 Å². The number of nitrogens with zero attached hydrogens (tertiary/aromatic N) is 1. The van der Waals surface area contributed by atoms with Crippen LogP contribution in [-0.2, 0) is 0 Å². The Labute approximate surface area is 139 Å². The highest BCUT2D eigenvalue weighted by molar-refractivity contribution is 14.1. The Bertz CT molecular complexity index is 884. The molecule has 1 aromatic heterocycles. The van der Waals surface area contributed by atoms with Crippen LogP contribution in [0.1, 0.15) is 5.56 Å².